The van der Waals surface area contributed by atoms with Gasteiger partial charge in [0.15, 0.2) is 0 Å². The highest BCUT2D eigenvalue weighted by molar-refractivity contribution is 5.44. The van der Waals surface area contributed by atoms with Crippen LogP contribution in [0.2, 0.25) is 0 Å². The number of ether oxygens (including phenoxy) is 1. The lowest BCUT2D eigenvalue weighted by molar-refractivity contribution is 0.193. The molecule has 0 N–H and O–H groups in total. The Balaban J connectivity index is 2.14. The molecule has 84 valence electrons. The van der Waals surface area contributed by atoms with Gasteiger partial charge in [0.1, 0.15) is 11.5 Å². The normalized spacial score (nSPS) is 20.8. The molecule has 1 atom stereocenters. The molecule has 3 heterocycles. The Kier molecular flexibility index (Phi) is 2.17. The van der Waals surface area contributed by atoms with Gasteiger partial charge < -0.3 is 9.14 Å². The molecule has 4 heteroatoms. The molecule has 0 aromatic carbocycles. The number of aryl methyl sites for hydroxylation is 1. The van der Waals surface area contributed by atoms with Crippen LogP contribution >= 0.6 is 0 Å². The van der Waals surface area contributed by atoms with Crippen LogP contribution in [0.3, 0.4) is 0 Å². The van der Waals surface area contributed by atoms with Gasteiger partial charge in [0, 0.05) is 30.5 Å². The van der Waals surface area contributed by atoms with Crippen LogP contribution in [0.15, 0.2) is 18.3 Å². The molecule has 2 aromatic heterocycles. The summed E-state index contributed by atoms with van der Waals surface area (Å²) in [5, 5.41) is 0. The Morgan fingerprint density at radius 2 is 2.44 bits per heavy atom. The summed E-state index contributed by atoms with van der Waals surface area (Å²) in [5.74, 6) is 0.120. The number of imidazole rings is 1. The maximum absolute atomic E-state index is 13.1. The van der Waals surface area contributed by atoms with Crippen LogP contribution in [0, 0.1) is 12.7 Å². The van der Waals surface area contributed by atoms with Crippen LogP contribution in [0.4, 0.5) is 4.39 Å². The van der Waals surface area contributed by atoms with E-state index in [-0.39, 0.29) is 5.82 Å². The molecule has 1 unspecified atom stereocenters. The van der Waals surface area contributed by atoms with Gasteiger partial charge in [-0.25, -0.2) is 9.37 Å². The highest BCUT2D eigenvalue weighted by Crippen LogP contribution is 2.27. The van der Waals surface area contributed by atoms with E-state index in [1.54, 1.807) is 6.20 Å². The van der Waals surface area contributed by atoms with E-state index in [9.17, 15) is 4.39 Å². The van der Waals surface area contributed by atoms with Crippen molar-refractivity contribution in [2.45, 2.75) is 19.3 Å². The summed E-state index contributed by atoms with van der Waals surface area (Å²) in [5.41, 5.74) is 2.81. The van der Waals surface area contributed by atoms with Crippen molar-refractivity contribution < 1.29 is 9.13 Å². The zero-order chi connectivity index (χ0) is 11.1. The Labute approximate surface area is 92.9 Å². The van der Waals surface area contributed by atoms with Gasteiger partial charge in [0.2, 0.25) is 0 Å². The Morgan fingerprint density at radius 3 is 3.19 bits per heavy atom. The average Bonchev–Trinajstić information content (AvgIpc) is 2.86. The number of fused-ring (bicyclic) bond motifs is 1. The van der Waals surface area contributed by atoms with E-state index in [4.69, 9.17) is 4.74 Å². The standard InChI is InChI=1S/C12H13FN2O/c1-8-12(9-3-5-16-7-9)14-11-6-10(13)2-4-15(8)11/h2,4,6,9H,3,5,7H2,1H3. The lowest BCUT2D eigenvalue weighted by Gasteiger charge is -2.04. The molecule has 0 spiro atoms. The third-order valence-electron chi connectivity index (χ3n) is 3.18. The number of hydrogen-bond donors (Lipinski definition) is 0. The minimum Gasteiger partial charge on any atom is -0.381 e. The zero-order valence-electron chi connectivity index (χ0n) is 9.11. The summed E-state index contributed by atoms with van der Waals surface area (Å²) in [6.45, 7) is 3.55. The maximum atomic E-state index is 13.1. The molecule has 0 saturated carbocycles. The maximum Gasteiger partial charge on any atom is 0.140 e. The number of aromatic nitrogens is 2. The first-order valence-electron chi connectivity index (χ1n) is 5.47. The quantitative estimate of drug-likeness (QED) is 0.737. The first-order valence-corrected chi connectivity index (χ1v) is 5.47. The number of nitrogens with zero attached hydrogens (tertiary/aromatic N) is 2. The van der Waals surface area contributed by atoms with Crippen molar-refractivity contribution in [3.05, 3.63) is 35.5 Å². The van der Waals surface area contributed by atoms with Crippen LogP contribution in [0.25, 0.3) is 5.65 Å². The first kappa shape index (κ1) is 9.78. The SMILES string of the molecule is Cc1c(C2CCOC2)nc2cc(F)ccn12. The monoisotopic (exact) mass is 220 g/mol. The van der Waals surface area contributed by atoms with E-state index < -0.39 is 0 Å². The molecule has 3 nitrogen and oxygen atoms in total. The fourth-order valence-electron chi connectivity index (χ4n) is 2.30. The van der Waals surface area contributed by atoms with Gasteiger partial charge in [-0.2, -0.15) is 0 Å². The molecule has 1 aliphatic heterocycles. The summed E-state index contributed by atoms with van der Waals surface area (Å²) in [4.78, 5) is 4.50. The molecule has 16 heavy (non-hydrogen) atoms. The van der Waals surface area contributed by atoms with E-state index in [1.807, 2.05) is 11.3 Å². The van der Waals surface area contributed by atoms with Gasteiger partial charge >= 0.3 is 0 Å². The molecular formula is C12H13FN2O. The van der Waals surface area contributed by atoms with Crippen LogP contribution in [-0.2, 0) is 4.74 Å². The van der Waals surface area contributed by atoms with E-state index in [0.29, 0.717) is 11.6 Å². The summed E-state index contributed by atoms with van der Waals surface area (Å²) < 4.78 is 20.4. The zero-order valence-corrected chi connectivity index (χ0v) is 9.11. The molecule has 0 aliphatic carbocycles. The number of rotatable bonds is 1. The van der Waals surface area contributed by atoms with Crippen molar-refractivity contribution in [2.75, 3.05) is 13.2 Å². The van der Waals surface area contributed by atoms with E-state index >= 15 is 0 Å². The molecular weight excluding hydrogens is 207 g/mol. The second-order valence-corrected chi connectivity index (χ2v) is 4.22. The Bertz CT molecular complexity index is 529. The average molecular weight is 220 g/mol. The topological polar surface area (TPSA) is 26.5 Å². The second-order valence-electron chi connectivity index (χ2n) is 4.22. The molecule has 0 amide bonds. The van der Waals surface area contributed by atoms with Crippen LogP contribution in [0.5, 0.6) is 0 Å². The fraction of sp³-hybridized carbons (Fsp3) is 0.417. The van der Waals surface area contributed by atoms with E-state index in [0.717, 1.165) is 31.0 Å². The van der Waals surface area contributed by atoms with Crippen LogP contribution in [0.1, 0.15) is 23.7 Å². The van der Waals surface area contributed by atoms with Crippen LogP contribution in [-0.4, -0.2) is 22.6 Å². The van der Waals surface area contributed by atoms with Gasteiger partial charge in [-0.05, 0) is 19.4 Å². The largest absolute Gasteiger partial charge is 0.381 e. The van der Waals surface area contributed by atoms with Gasteiger partial charge in [-0.3, -0.25) is 0 Å². The Morgan fingerprint density at radius 1 is 1.56 bits per heavy atom. The van der Waals surface area contributed by atoms with Gasteiger partial charge in [-0.1, -0.05) is 0 Å². The number of hydrogen-bond acceptors (Lipinski definition) is 2. The van der Waals surface area contributed by atoms with Crippen molar-refractivity contribution in [1.29, 1.82) is 0 Å². The van der Waals surface area contributed by atoms with Crippen molar-refractivity contribution in [1.82, 2.24) is 9.38 Å². The van der Waals surface area contributed by atoms with Crippen molar-refractivity contribution in [3.8, 4) is 0 Å². The molecule has 1 saturated heterocycles. The lowest BCUT2D eigenvalue weighted by atomic mass is 10.0. The van der Waals surface area contributed by atoms with Gasteiger partial charge in [0.05, 0.1) is 12.3 Å². The lowest BCUT2D eigenvalue weighted by Crippen LogP contribution is -2.00. The third kappa shape index (κ3) is 1.41. The molecule has 2 aromatic rings. The first-order chi connectivity index (χ1) is 7.75. The van der Waals surface area contributed by atoms with Gasteiger partial charge in [0.25, 0.3) is 0 Å². The highest BCUT2D eigenvalue weighted by Gasteiger charge is 2.23. The van der Waals surface area contributed by atoms with E-state index in [2.05, 4.69) is 4.98 Å². The van der Waals surface area contributed by atoms with E-state index in [1.165, 1.54) is 12.1 Å². The summed E-state index contributed by atoms with van der Waals surface area (Å²) >= 11 is 0. The molecule has 0 radical (unpaired) electrons. The van der Waals surface area contributed by atoms with Crippen molar-refractivity contribution >= 4 is 5.65 Å². The summed E-state index contributed by atoms with van der Waals surface area (Å²) in [6, 6.07) is 2.92. The number of halogens is 1. The number of pyridine rings is 1. The predicted octanol–water partition coefficient (Wildman–Crippen LogP) is 2.29. The highest BCUT2D eigenvalue weighted by atomic mass is 19.1. The predicted molar refractivity (Wildman–Crippen MR) is 58.1 cm³/mol. The minimum absolute atomic E-state index is 0.244. The Hall–Kier alpha value is -1.42. The van der Waals surface area contributed by atoms with Crippen LogP contribution < -0.4 is 0 Å². The van der Waals surface area contributed by atoms with Crippen molar-refractivity contribution in [2.24, 2.45) is 0 Å². The molecule has 3 rings (SSSR count). The summed E-state index contributed by atoms with van der Waals surface area (Å²) in [7, 11) is 0. The molecule has 0 bridgehead atoms. The second kappa shape index (κ2) is 3.56. The smallest absolute Gasteiger partial charge is 0.140 e. The molecule has 1 aliphatic rings. The third-order valence-corrected chi connectivity index (χ3v) is 3.18. The van der Waals surface area contributed by atoms with Gasteiger partial charge in [-0.15, -0.1) is 0 Å². The summed E-state index contributed by atoms with van der Waals surface area (Å²) in [6.07, 6.45) is 2.74. The van der Waals surface area contributed by atoms with Crippen molar-refractivity contribution in [3.63, 3.8) is 0 Å². The fourth-order valence-corrected chi connectivity index (χ4v) is 2.30. The molecule has 1 fully saturated rings. The minimum atomic E-state index is -0.244.